The fraction of sp³-hybridized carbons (Fsp3) is 0.414. The van der Waals surface area contributed by atoms with E-state index in [-0.39, 0.29) is 22.9 Å². The number of nitrogens with zero attached hydrogens (tertiary/aromatic N) is 3. The Labute approximate surface area is 232 Å². The molecule has 0 unspecified atom stereocenters. The number of hydrogen-bond acceptors (Lipinski definition) is 7. The molecule has 2 aromatic carbocycles. The summed E-state index contributed by atoms with van der Waals surface area (Å²) >= 11 is 0. The van der Waals surface area contributed by atoms with Gasteiger partial charge in [0.1, 0.15) is 18.3 Å². The van der Waals surface area contributed by atoms with Gasteiger partial charge in [0.2, 0.25) is 0 Å². The summed E-state index contributed by atoms with van der Waals surface area (Å²) in [7, 11) is 0. The van der Waals surface area contributed by atoms with Crippen molar-refractivity contribution in [2.75, 3.05) is 0 Å². The number of rotatable bonds is 7. The topological polar surface area (TPSA) is 116 Å². The number of halogens is 3. The van der Waals surface area contributed by atoms with Crippen LogP contribution >= 0.6 is 0 Å². The van der Waals surface area contributed by atoms with Crippen molar-refractivity contribution in [3.05, 3.63) is 64.7 Å². The molecule has 41 heavy (non-hydrogen) atoms. The minimum Gasteiger partial charge on any atom is -0.483 e. The molecule has 3 fully saturated rings. The first-order valence-corrected chi connectivity index (χ1v) is 13.3. The van der Waals surface area contributed by atoms with E-state index in [4.69, 9.17) is 9.47 Å². The van der Waals surface area contributed by atoms with Crippen LogP contribution < -0.4 is 14.2 Å². The van der Waals surface area contributed by atoms with Crippen molar-refractivity contribution >= 4 is 5.97 Å². The number of ether oxygens (including phenoxy) is 4. The third kappa shape index (κ3) is 4.01. The first-order chi connectivity index (χ1) is 19.5. The smallest absolute Gasteiger partial charge is 0.483 e. The number of nitriles is 1. The maximum Gasteiger partial charge on any atom is 0.586 e. The largest absolute Gasteiger partial charge is 0.586 e. The third-order valence-electron chi connectivity index (χ3n) is 8.51. The average molecular weight is 568 g/mol. The molecule has 1 N–H and O–H groups in total. The molecule has 8 rings (SSSR count). The van der Waals surface area contributed by atoms with Crippen LogP contribution in [-0.4, -0.2) is 32.8 Å². The van der Waals surface area contributed by atoms with Crippen molar-refractivity contribution in [2.45, 2.75) is 69.6 Å². The highest BCUT2D eigenvalue weighted by Crippen LogP contribution is 2.70. The van der Waals surface area contributed by atoms with E-state index in [9.17, 15) is 28.3 Å². The number of carbonyl (C=O) groups is 1. The molecule has 2 bridgehead atoms. The summed E-state index contributed by atoms with van der Waals surface area (Å²) in [6.07, 6.45) is -1.42. The quantitative estimate of drug-likeness (QED) is 0.384. The standard InChI is InChI=1S/C29H24F3N3O6/c1-15(16-5-8-21-24(9-16)41-29(31,32)40-21)38-23-10-17(6-7-19(23)30)35-25-18(20(11-33)34-35)3-2-4-22(25)39-28-12-27(13-28,14-28)26(36)37/h5-10,15,22H,2-4,12-14H2,1H3,(H,36,37)/t15-,22-,27?,28?/m0/s1. The number of fused-ring (bicyclic) bond motifs is 2. The van der Waals surface area contributed by atoms with Gasteiger partial charge in [-0.25, -0.2) is 9.07 Å². The molecule has 1 aliphatic heterocycles. The zero-order valence-corrected chi connectivity index (χ0v) is 21.8. The van der Waals surface area contributed by atoms with Gasteiger partial charge >= 0.3 is 12.3 Å². The summed E-state index contributed by atoms with van der Waals surface area (Å²) in [6, 6.07) is 10.6. The fourth-order valence-electron chi connectivity index (χ4n) is 6.58. The van der Waals surface area contributed by atoms with Gasteiger partial charge in [-0.1, -0.05) is 6.07 Å². The zero-order chi connectivity index (χ0) is 28.7. The van der Waals surface area contributed by atoms with Crippen LogP contribution in [-0.2, 0) is 16.0 Å². The second kappa shape index (κ2) is 8.63. The van der Waals surface area contributed by atoms with Crippen LogP contribution in [0.2, 0.25) is 0 Å². The van der Waals surface area contributed by atoms with E-state index in [1.54, 1.807) is 11.6 Å². The van der Waals surface area contributed by atoms with Gasteiger partial charge in [-0.3, -0.25) is 4.79 Å². The van der Waals surface area contributed by atoms with Crippen molar-refractivity contribution in [1.29, 1.82) is 5.26 Å². The lowest BCUT2D eigenvalue weighted by Gasteiger charge is -2.67. The Balaban J connectivity index is 1.17. The number of carboxylic acids is 1. The molecular weight excluding hydrogens is 543 g/mol. The van der Waals surface area contributed by atoms with E-state index in [1.807, 2.05) is 0 Å². The van der Waals surface area contributed by atoms with Gasteiger partial charge in [0.25, 0.3) is 0 Å². The highest BCUT2D eigenvalue weighted by Gasteiger charge is 2.73. The number of benzene rings is 2. The average Bonchev–Trinajstić information content (AvgIpc) is 3.42. The molecule has 3 saturated carbocycles. The maximum absolute atomic E-state index is 14.9. The zero-order valence-electron chi connectivity index (χ0n) is 21.8. The van der Waals surface area contributed by atoms with Gasteiger partial charge in [-0.2, -0.15) is 10.4 Å². The summed E-state index contributed by atoms with van der Waals surface area (Å²) in [6.45, 7) is 1.64. The molecule has 0 radical (unpaired) electrons. The van der Waals surface area contributed by atoms with Gasteiger partial charge in [-0.05, 0) is 75.3 Å². The summed E-state index contributed by atoms with van der Waals surface area (Å²) in [5.74, 6) is -1.79. The maximum atomic E-state index is 14.9. The van der Waals surface area contributed by atoms with Crippen LogP contribution in [0.25, 0.3) is 5.69 Å². The molecule has 5 aliphatic rings. The van der Waals surface area contributed by atoms with Crippen molar-refractivity contribution in [1.82, 2.24) is 9.78 Å². The molecule has 12 heteroatoms. The van der Waals surface area contributed by atoms with Crippen LogP contribution in [0.5, 0.6) is 17.2 Å². The Hall–Kier alpha value is -4.24. The summed E-state index contributed by atoms with van der Waals surface area (Å²) in [4.78, 5) is 11.6. The molecule has 0 amide bonds. The van der Waals surface area contributed by atoms with E-state index in [0.29, 0.717) is 49.0 Å². The lowest BCUT2D eigenvalue weighted by atomic mass is 9.41. The second-order valence-corrected chi connectivity index (χ2v) is 11.3. The van der Waals surface area contributed by atoms with Crippen LogP contribution in [0, 0.1) is 22.6 Å². The number of alkyl halides is 2. The number of aromatic nitrogens is 2. The highest BCUT2D eigenvalue weighted by atomic mass is 19.3. The minimum absolute atomic E-state index is 0.100. The minimum atomic E-state index is -3.76. The van der Waals surface area contributed by atoms with Gasteiger partial charge in [-0.15, -0.1) is 8.78 Å². The SMILES string of the molecule is C[C@H](Oc1cc(-n2nc(C#N)c3c2[C@@H](OC24CC(C(=O)O)(C2)C4)CCC3)ccc1F)c1ccc2c(c1)OC(F)(F)O2. The van der Waals surface area contributed by atoms with Crippen molar-refractivity contribution in [2.24, 2.45) is 5.41 Å². The van der Waals surface area contributed by atoms with Crippen LogP contribution in [0.15, 0.2) is 36.4 Å². The number of aliphatic carboxylic acids is 1. The van der Waals surface area contributed by atoms with Crippen molar-refractivity contribution in [3.8, 4) is 29.0 Å². The van der Waals surface area contributed by atoms with Crippen molar-refractivity contribution in [3.63, 3.8) is 0 Å². The van der Waals surface area contributed by atoms with Crippen molar-refractivity contribution < 1.29 is 42.0 Å². The Bertz CT molecular complexity index is 1630. The molecule has 3 aromatic rings. The van der Waals surface area contributed by atoms with Gasteiger partial charge in [0, 0.05) is 11.6 Å². The lowest BCUT2D eigenvalue weighted by molar-refractivity contribution is -0.300. The van der Waals surface area contributed by atoms with Crippen LogP contribution in [0.1, 0.15) is 73.8 Å². The Morgan fingerprint density at radius 3 is 2.68 bits per heavy atom. The van der Waals surface area contributed by atoms with Gasteiger partial charge in [0.15, 0.2) is 28.8 Å². The van der Waals surface area contributed by atoms with Gasteiger partial charge < -0.3 is 24.1 Å². The molecule has 2 atom stereocenters. The van der Waals surface area contributed by atoms with E-state index in [1.165, 1.54) is 36.4 Å². The molecule has 4 aliphatic carbocycles. The first kappa shape index (κ1) is 25.7. The Morgan fingerprint density at radius 2 is 1.95 bits per heavy atom. The van der Waals surface area contributed by atoms with E-state index < -0.39 is 41.3 Å². The third-order valence-corrected chi connectivity index (χ3v) is 8.51. The fourth-order valence-corrected chi connectivity index (χ4v) is 6.58. The molecule has 2 heterocycles. The summed E-state index contributed by atoms with van der Waals surface area (Å²) in [5.41, 5.74) is 1.46. The first-order valence-electron chi connectivity index (χ1n) is 13.3. The predicted molar refractivity (Wildman–Crippen MR) is 133 cm³/mol. The lowest BCUT2D eigenvalue weighted by Crippen LogP contribution is -2.71. The van der Waals surface area contributed by atoms with Crippen LogP contribution in [0.3, 0.4) is 0 Å². The molecule has 0 spiro atoms. The van der Waals surface area contributed by atoms with E-state index in [2.05, 4.69) is 20.6 Å². The monoisotopic (exact) mass is 567 g/mol. The number of carboxylic acid groups (broad SMARTS) is 1. The summed E-state index contributed by atoms with van der Waals surface area (Å²) in [5, 5.41) is 23.8. The highest BCUT2D eigenvalue weighted by molar-refractivity contribution is 5.79. The van der Waals surface area contributed by atoms with E-state index >= 15 is 0 Å². The molecule has 1 aromatic heterocycles. The predicted octanol–water partition coefficient (Wildman–Crippen LogP) is 5.75. The second-order valence-electron chi connectivity index (χ2n) is 11.3. The number of hydrogen-bond donors (Lipinski definition) is 1. The Kier molecular flexibility index (Phi) is 5.41. The molecule has 212 valence electrons. The molecule has 0 saturated heterocycles. The van der Waals surface area contributed by atoms with Gasteiger partial charge in [0.05, 0.1) is 22.4 Å². The van der Waals surface area contributed by atoms with E-state index in [0.717, 1.165) is 12.0 Å². The molecule has 9 nitrogen and oxygen atoms in total. The normalized spacial score (nSPS) is 27.1. The molecular formula is C29H24F3N3O6. The van der Waals surface area contributed by atoms with Crippen LogP contribution in [0.4, 0.5) is 13.2 Å². The summed E-state index contributed by atoms with van der Waals surface area (Å²) < 4.78 is 64.7. The Morgan fingerprint density at radius 1 is 1.20 bits per heavy atom.